The van der Waals surface area contributed by atoms with Crippen LogP contribution in [0.1, 0.15) is 12.5 Å². The van der Waals surface area contributed by atoms with Crippen LogP contribution in [-0.2, 0) is 9.84 Å². The number of hydrogen-bond donors (Lipinski definition) is 2. The van der Waals surface area contributed by atoms with Gasteiger partial charge in [0.05, 0.1) is 28.9 Å². The highest BCUT2D eigenvalue weighted by atomic mass is 32.2. The highest BCUT2D eigenvalue weighted by Crippen LogP contribution is 2.13. The molecule has 0 saturated carbocycles. The maximum absolute atomic E-state index is 12.1. The van der Waals surface area contributed by atoms with Crippen molar-refractivity contribution in [1.82, 2.24) is 5.32 Å². The van der Waals surface area contributed by atoms with Crippen molar-refractivity contribution in [3.8, 4) is 6.07 Å². The lowest BCUT2D eigenvalue weighted by atomic mass is 10.2. The average molecular weight is 328 g/mol. The predicted molar refractivity (Wildman–Crippen MR) is 85.1 cm³/mol. The summed E-state index contributed by atoms with van der Waals surface area (Å²) < 4.78 is 24.3. The SMILES string of the molecule is CSC(CO)C(C)NCCS(=O)(=O)c1ccc(C#N)cc1. The fraction of sp³-hybridized carbons (Fsp3) is 0.500. The molecule has 0 saturated heterocycles. The average Bonchev–Trinajstić information content (AvgIpc) is 2.48. The molecule has 0 aliphatic rings. The molecule has 21 heavy (non-hydrogen) atoms. The summed E-state index contributed by atoms with van der Waals surface area (Å²) in [7, 11) is -3.36. The Hall–Kier alpha value is -1.07. The molecule has 116 valence electrons. The summed E-state index contributed by atoms with van der Waals surface area (Å²) >= 11 is 1.54. The molecule has 0 amide bonds. The van der Waals surface area contributed by atoms with Gasteiger partial charge in [0.1, 0.15) is 0 Å². The number of hydrogen-bond acceptors (Lipinski definition) is 6. The first-order valence-corrected chi connectivity index (χ1v) is 9.48. The molecule has 0 spiro atoms. The van der Waals surface area contributed by atoms with Crippen molar-refractivity contribution in [3.05, 3.63) is 29.8 Å². The van der Waals surface area contributed by atoms with Crippen molar-refractivity contribution in [3.63, 3.8) is 0 Å². The van der Waals surface area contributed by atoms with E-state index in [1.54, 1.807) is 11.8 Å². The van der Waals surface area contributed by atoms with Crippen LogP contribution in [0.5, 0.6) is 0 Å². The van der Waals surface area contributed by atoms with Gasteiger partial charge in [-0.15, -0.1) is 0 Å². The van der Waals surface area contributed by atoms with E-state index >= 15 is 0 Å². The number of aliphatic hydroxyl groups excluding tert-OH is 1. The second-order valence-corrected chi connectivity index (χ2v) is 7.84. The minimum atomic E-state index is -3.36. The molecule has 2 atom stereocenters. The number of sulfone groups is 1. The molecule has 1 aromatic rings. The first-order valence-electron chi connectivity index (χ1n) is 6.54. The van der Waals surface area contributed by atoms with E-state index < -0.39 is 9.84 Å². The summed E-state index contributed by atoms with van der Waals surface area (Å²) in [4.78, 5) is 0.222. The predicted octanol–water partition coefficient (Wildman–Crippen LogP) is 1.03. The molecule has 2 unspecified atom stereocenters. The summed E-state index contributed by atoms with van der Waals surface area (Å²) in [5.74, 6) is -0.0181. The van der Waals surface area contributed by atoms with Gasteiger partial charge in [0.15, 0.2) is 9.84 Å². The molecular weight excluding hydrogens is 308 g/mol. The van der Waals surface area contributed by atoms with E-state index in [-0.39, 0.29) is 28.5 Å². The van der Waals surface area contributed by atoms with Crippen LogP contribution in [0.25, 0.3) is 0 Å². The number of nitrogens with one attached hydrogen (secondary N) is 1. The van der Waals surface area contributed by atoms with Crippen molar-refractivity contribution < 1.29 is 13.5 Å². The van der Waals surface area contributed by atoms with Crippen LogP contribution in [0, 0.1) is 11.3 Å². The molecule has 1 aromatic carbocycles. The van der Waals surface area contributed by atoms with Gasteiger partial charge in [0.2, 0.25) is 0 Å². The standard InChI is InChI=1S/C14H20N2O3S2/c1-11(14(10-17)20-2)16-7-8-21(18,19)13-5-3-12(9-15)4-6-13/h3-6,11,14,16-17H,7-8,10H2,1-2H3. The highest BCUT2D eigenvalue weighted by molar-refractivity contribution is 7.99. The molecule has 2 N–H and O–H groups in total. The smallest absolute Gasteiger partial charge is 0.179 e. The van der Waals surface area contributed by atoms with Crippen LogP contribution in [0.3, 0.4) is 0 Å². The number of aliphatic hydroxyl groups is 1. The number of nitriles is 1. The summed E-state index contributed by atoms with van der Waals surface area (Å²) in [6.07, 6.45) is 1.91. The zero-order chi connectivity index (χ0) is 15.9. The van der Waals surface area contributed by atoms with Crippen LogP contribution < -0.4 is 5.32 Å². The first kappa shape index (κ1) is 18.0. The van der Waals surface area contributed by atoms with Crippen LogP contribution in [0.4, 0.5) is 0 Å². The van der Waals surface area contributed by atoms with E-state index in [1.807, 2.05) is 19.2 Å². The lowest BCUT2D eigenvalue weighted by molar-refractivity contribution is 0.277. The van der Waals surface area contributed by atoms with Gasteiger partial charge in [0, 0.05) is 17.8 Å². The fourth-order valence-corrected chi connectivity index (χ4v) is 3.67. The summed E-state index contributed by atoms with van der Waals surface area (Å²) in [6, 6.07) is 7.89. The zero-order valence-electron chi connectivity index (χ0n) is 12.1. The number of nitrogens with zero attached hydrogens (tertiary/aromatic N) is 1. The van der Waals surface area contributed by atoms with E-state index in [1.165, 1.54) is 24.3 Å². The van der Waals surface area contributed by atoms with Gasteiger partial charge in [-0.05, 0) is 37.4 Å². The minimum Gasteiger partial charge on any atom is -0.395 e. The van der Waals surface area contributed by atoms with E-state index in [4.69, 9.17) is 5.26 Å². The summed E-state index contributed by atoms with van der Waals surface area (Å²) in [6.45, 7) is 2.30. The monoisotopic (exact) mass is 328 g/mol. The Morgan fingerprint density at radius 3 is 2.48 bits per heavy atom. The third-order valence-electron chi connectivity index (χ3n) is 3.22. The van der Waals surface area contributed by atoms with E-state index in [0.29, 0.717) is 12.1 Å². The molecule has 0 aliphatic carbocycles. The Morgan fingerprint density at radius 1 is 1.38 bits per heavy atom. The van der Waals surface area contributed by atoms with Gasteiger partial charge >= 0.3 is 0 Å². The van der Waals surface area contributed by atoms with Gasteiger partial charge in [-0.2, -0.15) is 17.0 Å². The molecule has 0 aliphatic heterocycles. The van der Waals surface area contributed by atoms with Crippen LogP contribution >= 0.6 is 11.8 Å². The van der Waals surface area contributed by atoms with Gasteiger partial charge < -0.3 is 10.4 Å². The maximum atomic E-state index is 12.1. The molecule has 1 rings (SSSR count). The third-order valence-corrected chi connectivity index (χ3v) is 6.11. The highest BCUT2D eigenvalue weighted by Gasteiger charge is 2.17. The van der Waals surface area contributed by atoms with Crippen molar-refractivity contribution in [2.75, 3.05) is 25.2 Å². The summed E-state index contributed by atoms with van der Waals surface area (Å²) in [5, 5.41) is 21.0. The quantitative estimate of drug-likeness (QED) is 0.741. The lowest BCUT2D eigenvalue weighted by Crippen LogP contribution is -2.39. The maximum Gasteiger partial charge on any atom is 0.179 e. The van der Waals surface area contributed by atoms with Gasteiger partial charge in [-0.25, -0.2) is 8.42 Å². The zero-order valence-corrected chi connectivity index (χ0v) is 13.7. The molecule has 0 bridgehead atoms. The Bertz CT molecular complexity index is 575. The minimum absolute atomic E-state index is 0.0181. The lowest BCUT2D eigenvalue weighted by Gasteiger charge is -2.21. The normalized spacial score (nSPS) is 14.4. The second-order valence-electron chi connectivity index (χ2n) is 4.65. The van der Waals surface area contributed by atoms with E-state index in [2.05, 4.69) is 5.32 Å². The van der Waals surface area contributed by atoms with Crippen molar-refractivity contribution in [2.45, 2.75) is 23.1 Å². The Labute approximate surface area is 130 Å². The van der Waals surface area contributed by atoms with Crippen molar-refractivity contribution in [1.29, 1.82) is 5.26 Å². The van der Waals surface area contributed by atoms with Crippen LogP contribution in [0.2, 0.25) is 0 Å². The molecule has 5 nitrogen and oxygen atoms in total. The topological polar surface area (TPSA) is 90.2 Å². The van der Waals surface area contributed by atoms with Gasteiger partial charge in [0.25, 0.3) is 0 Å². The number of thioether (sulfide) groups is 1. The fourth-order valence-electron chi connectivity index (χ4n) is 1.84. The number of benzene rings is 1. The Balaban J connectivity index is 2.59. The van der Waals surface area contributed by atoms with Crippen LogP contribution in [-0.4, -0.2) is 50.0 Å². The Morgan fingerprint density at radius 2 is 2.00 bits per heavy atom. The third kappa shape index (κ3) is 5.32. The van der Waals surface area contributed by atoms with Gasteiger partial charge in [-0.3, -0.25) is 0 Å². The molecule has 0 fully saturated rings. The second kappa shape index (κ2) is 8.39. The van der Waals surface area contributed by atoms with E-state index in [0.717, 1.165) is 0 Å². The van der Waals surface area contributed by atoms with Crippen molar-refractivity contribution >= 4 is 21.6 Å². The largest absolute Gasteiger partial charge is 0.395 e. The van der Waals surface area contributed by atoms with Crippen molar-refractivity contribution in [2.24, 2.45) is 0 Å². The first-order chi connectivity index (χ1) is 9.94. The molecular formula is C14H20N2O3S2. The van der Waals surface area contributed by atoms with Crippen LogP contribution in [0.15, 0.2) is 29.2 Å². The molecule has 7 heteroatoms. The molecule has 0 radical (unpaired) electrons. The summed E-state index contributed by atoms with van der Waals surface area (Å²) in [5.41, 5.74) is 0.437. The molecule has 0 heterocycles. The number of rotatable bonds is 8. The molecule has 0 aromatic heterocycles. The van der Waals surface area contributed by atoms with E-state index in [9.17, 15) is 13.5 Å². The Kier molecular flexibility index (Phi) is 7.18. The van der Waals surface area contributed by atoms with Gasteiger partial charge in [-0.1, -0.05) is 0 Å².